The minimum Gasteiger partial charge on any atom is -0.494 e. The number of rotatable bonds is 8. The number of aromatic nitrogens is 2. The van der Waals surface area contributed by atoms with Crippen molar-refractivity contribution in [1.82, 2.24) is 9.97 Å². The minimum atomic E-state index is 0.595. The van der Waals surface area contributed by atoms with Gasteiger partial charge in [-0.1, -0.05) is 19.1 Å². The Morgan fingerprint density at radius 3 is 2.81 bits per heavy atom. The molecule has 0 unspecified atom stereocenters. The summed E-state index contributed by atoms with van der Waals surface area (Å²) in [6, 6.07) is 9.81. The Morgan fingerprint density at radius 1 is 1.10 bits per heavy atom. The molecule has 1 aromatic carbocycles. The molecule has 0 spiro atoms. The van der Waals surface area contributed by atoms with Gasteiger partial charge in [-0.2, -0.15) is 0 Å². The molecular weight excluding hydrogens is 266 g/mol. The summed E-state index contributed by atoms with van der Waals surface area (Å²) in [5.74, 6) is 2.22. The van der Waals surface area contributed by atoms with Crippen LogP contribution in [-0.4, -0.2) is 23.2 Å². The van der Waals surface area contributed by atoms with Crippen molar-refractivity contribution < 1.29 is 9.47 Å². The summed E-state index contributed by atoms with van der Waals surface area (Å²) in [7, 11) is 0. The van der Waals surface area contributed by atoms with Gasteiger partial charge in [-0.25, -0.2) is 9.97 Å². The topological polar surface area (TPSA) is 56.3 Å². The summed E-state index contributed by atoms with van der Waals surface area (Å²) < 4.78 is 11.0. The summed E-state index contributed by atoms with van der Waals surface area (Å²) in [6.45, 7) is 6.04. The molecule has 0 fully saturated rings. The molecule has 0 aliphatic rings. The van der Waals surface area contributed by atoms with E-state index < -0.39 is 0 Å². The Bertz CT molecular complexity index is 561. The van der Waals surface area contributed by atoms with Crippen molar-refractivity contribution in [2.45, 2.75) is 26.8 Å². The Labute approximate surface area is 125 Å². The predicted octanol–water partition coefficient (Wildman–Crippen LogP) is 3.28. The molecule has 1 N–H and O–H groups in total. The van der Waals surface area contributed by atoms with Gasteiger partial charge in [0, 0.05) is 12.6 Å². The highest BCUT2D eigenvalue weighted by molar-refractivity contribution is 5.39. The number of nitrogens with zero attached hydrogens (tertiary/aromatic N) is 2. The smallest absolute Gasteiger partial charge is 0.218 e. The molecule has 1 aromatic heterocycles. The standard InChI is InChI=1S/C16H21N3O2/c1-3-8-21-16-10-15(18-12-19-16)17-11-13-6-5-7-14(9-13)20-4-2/h5-7,9-10,12H,3-4,8,11H2,1-2H3,(H,17,18,19). The monoisotopic (exact) mass is 287 g/mol. The van der Waals surface area contributed by atoms with E-state index in [1.807, 2.05) is 37.3 Å². The highest BCUT2D eigenvalue weighted by atomic mass is 16.5. The van der Waals surface area contributed by atoms with E-state index >= 15 is 0 Å². The maximum Gasteiger partial charge on any atom is 0.218 e. The lowest BCUT2D eigenvalue weighted by atomic mass is 10.2. The Balaban J connectivity index is 1.94. The second-order valence-electron chi connectivity index (χ2n) is 4.52. The Hall–Kier alpha value is -2.30. The number of ether oxygens (including phenoxy) is 2. The summed E-state index contributed by atoms with van der Waals surface area (Å²) in [5, 5.41) is 3.26. The van der Waals surface area contributed by atoms with Crippen LogP contribution in [0.2, 0.25) is 0 Å². The SMILES string of the molecule is CCCOc1cc(NCc2cccc(OCC)c2)ncn1. The van der Waals surface area contributed by atoms with E-state index in [0.717, 1.165) is 23.6 Å². The van der Waals surface area contributed by atoms with E-state index in [4.69, 9.17) is 9.47 Å². The molecule has 2 rings (SSSR count). The summed E-state index contributed by atoms with van der Waals surface area (Å²) in [4.78, 5) is 8.26. The Kier molecular flexibility index (Phi) is 5.82. The zero-order chi connectivity index (χ0) is 14.9. The van der Waals surface area contributed by atoms with Crippen LogP contribution >= 0.6 is 0 Å². The molecule has 0 bridgehead atoms. The second kappa shape index (κ2) is 8.09. The van der Waals surface area contributed by atoms with Crippen LogP contribution in [0.15, 0.2) is 36.7 Å². The fourth-order valence-corrected chi connectivity index (χ4v) is 1.83. The highest BCUT2D eigenvalue weighted by Crippen LogP contribution is 2.16. The normalized spacial score (nSPS) is 10.2. The van der Waals surface area contributed by atoms with Crippen molar-refractivity contribution in [2.24, 2.45) is 0 Å². The molecule has 0 saturated carbocycles. The predicted molar refractivity (Wildman–Crippen MR) is 82.8 cm³/mol. The third-order valence-electron chi connectivity index (χ3n) is 2.78. The summed E-state index contributed by atoms with van der Waals surface area (Å²) in [5.41, 5.74) is 1.13. The average molecular weight is 287 g/mol. The third kappa shape index (κ3) is 4.95. The van der Waals surface area contributed by atoms with Crippen LogP contribution in [0.3, 0.4) is 0 Å². The van der Waals surface area contributed by atoms with Gasteiger partial charge in [0.05, 0.1) is 13.2 Å². The van der Waals surface area contributed by atoms with Crippen molar-refractivity contribution in [2.75, 3.05) is 18.5 Å². The van der Waals surface area contributed by atoms with Gasteiger partial charge in [0.15, 0.2) is 0 Å². The first-order valence-corrected chi connectivity index (χ1v) is 7.22. The van der Waals surface area contributed by atoms with Gasteiger partial charge in [0.25, 0.3) is 0 Å². The number of benzene rings is 1. The van der Waals surface area contributed by atoms with Crippen LogP contribution in [0.1, 0.15) is 25.8 Å². The molecule has 0 aliphatic carbocycles. The van der Waals surface area contributed by atoms with Crippen LogP contribution in [-0.2, 0) is 6.54 Å². The van der Waals surface area contributed by atoms with Crippen LogP contribution in [0.25, 0.3) is 0 Å². The summed E-state index contributed by atoms with van der Waals surface area (Å²) in [6.07, 6.45) is 2.46. The maximum absolute atomic E-state index is 5.49. The molecule has 0 amide bonds. The molecule has 0 atom stereocenters. The van der Waals surface area contributed by atoms with Gasteiger partial charge in [-0.05, 0) is 31.0 Å². The van der Waals surface area contributed by atoms with Gasteiger partial charge in [0.1, 0.15) is 17.9 Å². The molecule has 112 valence electrons. The van der Waals surface area contributed by atoms with E-state index in [9.17, 15) is 0 Å². The lowest BCUT2D eigenvalue weighted by Crippen LogP contribution is -2.04. The molecule has 0 saturated heterocycles. The van der Waals surface area contributed by atoms with E-state index in [1.54, 1.807) is 0 Å². The second-order valence-corrected chi connectivity index (χ2v) is 4.52. The van der Waals surface area contributed by atoms with E-state index in [0.29, 0.717) is 25.6 Å². The van der Waals surface area contributed by atoms with Gasteiger partial charge in [-0.15, -0.1) is 0 Å². The number of hydrogen-bond donors (Lipinski definition) is 1. The van der Waals surface area contributed by atoms with Crippen molar-refractivity contribution in [1.29, 1.82) is 0 Å². The first-order chi connectivity index (χ1) is 10.3. The van der Waals surface area contributed by atoms with E-state index in [-0.39, 0.29) is 0 Å². The highest BCUT2D eigenvalue weighted by Gasteiger charge is 2.01. The largest absolute Gasteiger partial charge is 0.494 e. The van der Waals surface area contributed by atoms with Gasteiger partial charge < -0.3 is 14.8 Å². The van der Waals surface area contributed by atoms with Gasteiger partial charge in [0.2, 0.25) is 5.88 Å². The van der Waals surface area contributed by atoms with E-state index in [2.05, 4.69) is 22.2 Å². The van der Waals surface area contributed by atoms with Crippen molar-refractivity contribution in [3.05, 3.63) is 42.2 Å². The fourth-order valence-electron chi connectivity index (χ4n) is 1.83. The van der Waals surface area contributed by atoms with Crippen molar-refractivity contribution >= 4 is 5.82 Å². The quantitative estimate of drug-likeness (QED) is 0.807. The van der Waals surface area contributed by atoms with Crippen LogP contribution in [0.4, 0.5) is 5.82 Å². The van der Waals surface area contributed by atoms with Crippen LogP contribution in [0, 0.1) is 0 Å². The lowest BCUT2D eigenvalue weighted by Gasteiger charge is -2.09. The Morgan fingerprint density at radius 2 is 2.00 bits per heavy atom. The minimum absolute atomic E-state index is 0.595. The molecule has 5 nitrogen and oxygen atoms in total. The number of anilines is 1. The number of nitrogens with one attached hydrogen (secondary N) is 1. The fraction of sp³-hybridized carbons (Fsp3) is 0.375. The molecule has 21 heavy (non-hydrogen) atoms. The first-order valence-electron chi connectivity index (χ1n) is 7.22. The molecular formula is C16H21N3O2. The maximum atomic E-state index is 5.49. The van der Waals surface area contributed by atoms with Crippen molar-refractivity contribution in [3.63, 3.8) is 0 Å². The molecule has 2 aromatic rings. The first kappa shape index (κ1) is 15.1. The molecule has 0 radical (unpaired) electrons. The van der Waals surface area contributed by atoms with Crippen LogP contribution in [0.5, 0.6) is 11.6 Å². The molecule has 5 heteroatoms. The zero-order valence-electron chi connectivity index (χ0n) is 12.5. The molecule has 1 heterocycles. The number of hydrogen-bond acceptors (Lipinski definition) is 5. The van der Waals surface area contributed by atoms with Gasteiger partial charge in [-0.3, -0.25) is 0 Å². The summed E-state index contributed by atoms with van der Waals surface area (Å²) >= 11 is 0. The average Bonchev–Trinajstić information content (AvgIpc) is 2.52. The third-order valence-corrected chi connectivity index (χ3v) is 2.78. The zero-order valence-corrected chi connectivity index (χ0v) is 12.5. The van der Waals surface area contributed by atoms with Crippen molar-refractivity contribution in [3.8, 4) is 11.6 Å². The molecule has 0 aliphatic heterocycles. The van der Waals surface area contributed by atoms with Crippen LogP contribution < -0.4 is 14.8 Å². The lowest BCUT2D eigenvalue weighted by molar-refractivity contribution is 0.305. The van der Waals surface area contributed by atoms with E-state index in [1.165, 1.54) is 6.33 Å². The van der Waals surface area contributed by atoms with Gasteiger partial charge >= 0.3 is 0 Å².